The third-order valence-corrected chi connectivity index (χ3v) is 7.27. The molecule has 3 aromatic carbocycles. The highest BCUT2D eigenvalue weighted by Crippen LogP contribution is 2.29. The predicted molar refractivity (Wildman–Crippen MR) is 152 cm³/mol. The van der Waals surface area contributed by atoms with Gasteiger partial charge in [-0.3, -0.25) is 4.79 Å². The Morgan fingerprint density at radius 2 is 1.68 bits per heavy atom. The molecule has 1 fully saturated rings. The number of anilines is 2. The van der Waals surface area contributed by atoms with E-state index in [0.29, 0.717) is 18.2 Å². The van der Waals surface area contributed by atoms with Gasteiger partial charge >= 0.3 is 5.97 Å². The van der Waals surface area contributed by atoms with E-state index in [2.05, 4.69) is 33.1 Å². The summed E-state index contributed by atoms with van der Waals surface area (Å²) in [6.07, 6.45) is 7.98. The lowest BCUT2D eigenvalue weighted by molar-refractivity contribution is -0.139. The largest absolute Gasteiger partial charge is 0.480 e. The molecule has 5 rings (SSSR count). The standard InChI is InChI=1S/C31H34N4O3/c36-30(35-29(31(37)38)18-23-20-33-26-14-8-7-13-25(23)26)22-15-16-27(34-24-11-5-2-6-12-24)28(17-22)32-19-21-9-3-1-4-10-21/h1,3-4,7-10,13-17,20,24,29,32-34H,2,5-6,11-12,18-19H2,(H,35,36)(H,37,38). The number of hydrogen-bond acceptors (Lipinski definition) is 4. The molecule has 1 heterocycles. The number of benzene rings is 3. The zero-order chi connectivity index (χ0) is 26.3. The van der Waals surface area contributed by atoms with E-state index in [9.17, 15) is 14.7 Å². The Balaban J connectivity index is 1.34. The highest BCUT2D eigenvalue weighted by atomic mass is 16.4. The van der Waals surface area contributed by atoms with Crippen LogP contribution in [-0.4, -0.2) is 34.1 Å². The van der Waals surface area contributed by atoms with Gasteiger partial charge in [0.1, 0.15) is 6.04 Å². The molecule has 1 aliphatic rings. The minimum Gasteiger partial charge on any atom is -0.480 e. The number of para-hydroxylation sites is 1. The summed E-state index contributed by atoms with van der Waals surface area (Å²) in [6, 6.07) is 22.7. The quantitative estimate of drug-likeness (QED) is 0.181. The first-order valence-electron chi connectivity index (χ1n) is 13.3. The van der Waals surface area contributed by atoms with Crippen molar-refractivity contribution < 1.29 is 14.7 Å². The monoisotopic (exact) mass is 510 g/mol. The number of fused-ring (bicyclic) bond motifs is 1. The molecule has 0 spiro atoms. The lowest BCUT2D eigenvalue weighted by Gasteiger charge is -2.26. The number of carboxylic acid groups (broad SMARTS) is 1. The number of amides is 1. The number of carbonyl (C=O) groups excluding carboxylic acids is 1. The Morgan fingerprint density at radius 1 is 0.921 bits per heavy atom. The zero-order valence-corrected chi connectivity index (χ0v) is 21.4. The minimum atomic E-state index is -1.07. The lowest BCUT2D eigenvalue weighted by atomic mass is 9.95. The number of H-pyrrole nitrogens is 1. The molecular weight excluding hydrogens is 476 g/mol. The molecule has 5 N–H and O–H groups in total. The smallest absolute Gasteiger partial charge is 0.326 e. The van der Waals surface area contributed by atoms with Crippen LogP contribution in [0.1, 0.15) is 53.6 Å². The summed E-state index contributed by atoms with van der Waals surface area (Å²) in [5.41, 5.74) is 5.13. The van der Waals surface area contributed by atoms with Crippen molar-refractivity contribution in [2.75, 3.05) is 10.6 Å². The van der Waals surface area contributed by atoms with Crippen LogP contribution in [-0.2, 0) is 17.8 Å². The van der Waals surface area contributed by atoms with E-state index in [1.807, 2.05) is 60.8 Å². The first-order valence-corrected chi connectivity index (χ1v) is 13.3. The van der Waals surface area contributed by atoms with E-state index in [4.69, 9.17) is 0 Å². The van der Waals surface area contributed by atoms with Crippen LogP contribution < -0.4 is 16.0 Å². The van der Waals surface area contributed by atoms with Gasteiger partial charge in [-0.2, -0.15) is 0 Å². The first kappa shape index (κ1) is 25.4. The van der Waals surface area contributed by atoms with Gasteiger partial charge in [-0.25, -0.2) is 4.79 Å². The predicted octanol–water partition coefficient (Wildman–Crippen LogP) is 5.95. The van der Waals surface area contributed by atoms with Crippen LogP contribution in [0.4, 0.5) is 11.4 Å². The van der Waals surface area contributed by atoms with Crippen molar-refractivity contribution in [1.82, 2.24) is 10.3 Å². The molecule has 1 unspecified atom stereocenters. The van der Waals surface area contributed by atoms with Gasteiger partial charge in [0, 0.05) is 41.7 Å². The molecule has 1 atom stereocenters. The van der Waals surface area contributed by atoms with E-state index >= 15 is 0 Å². The number of rotatable bonds is 10. The van der Waals surface area contributed by atoms with Gasteiger partial charge in [0.25, 0.3) is 5.91 Å². The SMILES string of the molecule is O=C(NC(Cc1c[nH]c2ccccc12)C(=O)O)c1ccc(NC2CCCCC2)c(NCc2ccccc2)c1. The van der Waals surface area contributed by atoms with Crippen molar-refractivity contribution in [2.24, 2.45) is 0 Å². The van der Waals surface area contributed by atoms with Gasteiger partial charge in [-0.1, -0.05) is 67.8 Å². The second-order valence-corrected chi connectivity index (χ2v) is 10.0. The van der Waals surface area contributed by atoms with Crippen LogP contribution in [0.15, 0.2) is 79.0 Å². The third-order valence-electron chi connectivity index (χ3n) is 7.27. The van der Waals surface area contributed by atoms with Crippen LogP contribution in [0.2, 0.25) is 0 Å². The fraction of sp³-hybridized carbons (Fsp3) is 0.290. The molecule has 0 radical (unpaired) electrons. The number of aliphatic carboxylic acids is 1. The van der Waals surface area contributed by atoms with Crippen LogP contribution >= 0.6 is 0 Å². The highest BCUT2D eigenvalue weighted by molar-refractivity contribution is 5.98. The molecule has 4 aromatic rings. The Morgan fingerprint density at radius 3 is 2.47 bits per heavy atom. The van der Waals surface area contributed by atoms with Gasteiger partial charge in [0.2, 0.25) is 0 Å². The molecule has 38 heavy (non-hydrogen) atoms. The number of aromatic amines is 1. The molecule has 1 aromatic heterocycles. The van der Waals surface area contributed by atoms with Crippen molar-refractivity contribution in [1.29, 1.82) is 0 Å². The summed E-state index contributed by atoms with van der Waals surface area (Å²) >= 11 is 0. The second-order valence-electron chi connectivity index (χ2n) is 10.0. The van der Waals surface area contributed by atoms with E-state index in [0.717, 1.165) is 46.2 Å². The maximum Gasteiger partial charge on any atom is 0.326 e. The Hall–Kier alpha value is -4.26. The zero-order valence-electron chi connectivity index (χ0n) is 21.4. The maximum absolute atomic E-state index is 13.2. The van der Waals surface area contributed by atoms with Crippen LogP contribution in [0.3, 0.4) is 0 Å². The summed E-state index contributed by atoms with van der Waals surface area (Å²) < 4.78 is 0. The van der Waals surface area contributed by atoms with Crippen molar-refractivity contribution in [3.05, 3.63) is 95.7 Å². The van der Waals surface area contributed by atoms with E-state index in [1.165, 1.54) is 19.3 Å². The number of carbonyl (C=O) groups is 2. The lowest BCUT2D eigenvalue weighted by Crippen LogP contribution is -2.42. The fourth-order valence-corrected chi connectivity index (χ4v) is 5.18. The van der Waals surface area contributed by atoms with Crippen molar-refractivity contribution >= 4 is 34.2 Å². The molecule has 1 aliphatic carbocycles. The minimum absolute atomic E-state index is 0.186. The molecule has 7 heteroatoms. The summed E-state index contributed by atoms with van der Waals surface area (Å²) in [5.74, 6) is -1.48. The molecule has 7 nitrogen and oxygen atoms in total. The molecular formula is C31H34N4O3. The molecule has 196 valence electrons. The van der Waals surface area contributed by atoms with E-state index < -0.39 is 17.9 Å². The highest BCUT2D eigenvalue weighted by Gasteiger charge is 2.23. The summed E-state index contributed by atoms with van der Waals surface area (Å²) in [7, 11) is 0. The molecule has 0 saturated heterocycles. The van der Waals surface area contributed by atoms with Crippen molar-refractivity contribution in [3.8, 4) is 0 Å². The second kappa shape index (κ2) is 11.9. The normalized spacial score (nSPS) is 14.6. The Bertz CT molecular complexity index is 1390. The maximum atomic E-state index is 13.2. The molecule has 0 aliphatic heterocycles. The van der Waals surface area contributed by atoms with Crippen LogP contribution in [0, 0.1) is 0 Å². The fourth-order valence-electron chi connectivity index (χ4n) is 5.18. The molecule has 0 bridgehead atoms. The van der Waals surface area contributed by atoms with Crippen LogP contribution in [0.5, 0.6) is 0 Å². The number of carboxylic acids is 1. The van der Waals surface area contributed by atoms with Gasteiger partial charge < -0.3 is 26.0 Å². The Labute approximate surface area is 222 Å². The van der Waals surface area contributed by atoms with E-state index in [1.54, 1.807) is 6.07 Å². The Kier molecular flexibility index (Phi) is 7.92. The van der Waals surface area contributed by atoms with Crippen molar-refractivity contribution in [2.45, 2.75) is 57.2 Å². The summed E-state index contributed by atoms with van der Waals surface area (Å²) in [6.45, 7) is 0.615. The average Bonchev–Trinajstić information content (AvgIpc) is 3.36. The van der Waals surface area contributed by atoms with Crippen LogP contribution in [0.25, 0.3) is 10.9 Å². The van der Waals surface area contributed by atoms with Gasteiger partial charge in [-0.15, -0.1) is 0 Å². The molecule has 1 saturated carbocycles. The average molecular weight is 511 g/mol. The van der Waals surface area contributed by atoms with Gasteiger partial charge in [0.15, 0.2) is 0 Å². The number of nitrogens with one attached hydrogen (secondary N) is 4. The van der Waals surface area contributed by atoms with Crippen molar-refractivity contribution in [3.63, 3.8) is 0 Å². The van der Waals surface area contributed by atoms with E-state index in [-0.39, 0.29) is 6.42 Å². The third kappa shape index (κ3) is 6.17. The number of hydrogen-bond donors (Lipinski definition) is 5. The molecule has 1 amide bonds. The summed E-state index contributed by atoms with van der Waals surface area (Å²) in [5, 5.41) is 20.7. The first-order chi connectivity index (χ1) is 18.6. The number of aromatic nitrogens is 1. The van der Waals surface area contributed by atoms with Gasteiger partial charge in [-0.05, 0) is 48.2 Å². The topological polar surface area (TPSA) is 106 Å². The van der Waals surface area contributed by atoms with Gasteiger partial charge in [0.05, 0.1) is 11.4 Å². The summed E-state index contributed by atoms with van der Waals surface area (Å²) in [4.78, 5) is 28.5.